The van der Waals surface area contributed by atoms with Gasteiger partial charge in [0.15, 0.2) is 5.78 Å². The van der Waals surface area contributed by atoms with Crippen LogP contribution in [0.2, 0.25) is 0 Å². The summed E-state index contributed by atoms with van der Waals surface area (Å²) in [6.07, 6.45) is 7.77. The third-order valence-electron chi connectivity index (χ3n) is 5.82. The number of benzene rings is 2. The first kappa shape index (κ1) is 21.1. The number of carbonyl (C=O) groups excluding carboxylic acids is 2. The molecule has 0 bridgehead atoms. The van der Waals surface area contributed by atoms with E-state index in [4.69, 9.17) is 9.47 Å². The van der Waals surface area contributed by atoms with Crippen LogP contribution in [0.5, 0.6) is 11.5 Å². The predicted molar refractivity (Wildman–Crippen MR) is 115 cm³/mol. The highest BCUT2D eigenvalue weighted by Crippen LogP contribution is 2.32. The molecule has 0 spiro atoms. The van der Waals surface area contributed by atoms with Gasteiger partial charge in [-0.15, -0.1) is 0 Å². The molecule has 0 unspecified atom stereocenters. The van der Waals surface area contributed by atoms with Crippen molar-refractivity contribution in [2.75, 3.05) is 6.61 Å². The Labute approximate surface area is 172 Å². The van der Waals surface area contributed by atoms with Gasteiger partial charge in [0.25, 0.3) is 0 Å². The molecule has 4 heteroatoms. The summed E-state index contributed by atoms with van der Waals surface area (Å²) in [7, 11) is 0. The van der Waals surface area contributed by atoms with Crippen LogP contribution < -0.4 is 9.47 Å². The predicted octanol–water partition coefficient (Wildman–Crippen LogP) is 5.88. The quantitative estimate of drug-likeness (QED) is 0.231. The van der Waals surface area contributed by atoms with Crippen LogP contribution in [-0.4, -0.2) is 18.4 Å². The Morgan fingerprint density at radius 1 is 1.03 bits per heavy atom. The normalized spacial score (nSPS) is 18.9. The molecule has 0 aliphatic heterocycles. The number of rotatable bonds is 9. The number of ether oxygens (including phenoxy) is 2. The average Bonchev–Trinajstić information content (AvgIpc) is 2.76. The van der Waals surface area contributed by atoms with Gasteiger partial charge in [0, 0.05) is 6.42 Å². The van der Waals surface area contributed by atoms with Crippen molar-refractivity contribution >= 4 is 22.5 Å². The molecule has 4 nitrogen and oxygen atoms in total. The Balaban J connectivity index is 1.55. The fourth-order valence-corrected chi connectivity index (χ4v) is 3.90. The highest BCUT2D eigenvalue weighted by molar-refractivity contribution is 5.89. The Kier molecular flexibility index (Phi) is 7.45. The Hall–Kier alpha value is -2.62. The molecule has 0 heterocycles. The summed E-state index contributed by atoms with van der Waals surface area (Å²) in [5.74, 6) is 2.08. The van der Waals surface area contributed by atoms with E-state index >= 15 is 0 Å². The monoisotopic (exact) mass is 394 g/mol. The highest BCUT2D eigenvalue weighted by Gasteiger charge is 2.27. The maximum atomic E-state index is 12.5. The minimum absolute atomic E-state index is 0.0252. The molecule has 1 aliphatic carbocycles. The zero-order valence-corrected chi connectivity index (χ0v) is 17.2. The van der Waals surface area contributed by atoms with Crippen LogP contribution in [0.3, 0.4) is 0 Å². The van der Waals surface area contributed by atoms with Crippen LogP contribution in [0.25, 0.3) is 10.8 Å². The smallest absolute Gasteiger partial charge is 0.314 e. The topological polar surface area (TPSA) is 52.6 Å². The van der Waals surface area contributed by atoms with E-state index in [1.807, 2.05) is 36.4 Å². The standard InChI is InChI=1S/C25H30O4/c1-3-18-7-9-19(10-8-18)25(27)29-24-14-12-20-16-23(13-11-21(20)17-24)28-15-5-6-22(26)4-2/h4,11-14,16-19H,2-3,5-10,15H2,1H3. The molecule has 0 aromatic heterocycles. The second kappa shape index (κ2) is 10.2. The van der Waals surface area contributed by atoms with E-state index < -0.39 is 0 Å². The van der Waals surface area contributed by atoms with Gasteiger partial charge < -0.3 is 9.47 Å². The summed E-state index contributed by atoms with van der Waals surface area (Å²) in [5, 5.41) is 2.02. The molecular weight excluding hydrogens is 364 g/mol. The highest BCUT2D eigenvalue weighted by atomic mass is 16.5. The molecule has 154 valence electrons. The number of esters is 1. The van der Waals surface area contributed by atoms with Crippen LogP contribution in [0.4, 0.5) is 0 Å². The lowest BCUT2D eigenvalue weighted by Crippen LogP contribution is -2.25. The molecule has 1 saturated carbocycles. The molecule has 2 aromatic carbocycles. The molecule has 0 N–H and O–H groups in total. The van der Waals surface area contributed by atoms with E-state index in [1.165, 1.54) is 12.5 Å². The van der Waals surface area contributed by atoms with E-state index in [1.54, 1.807) is 0 Å². The lowest BCUT2D eigenvalue weighted by Gasteiger charge is -2.26. The third kappa shape index (κ3) is 5.93. The van der Waals surface area contributed by atoms with Crippen molar-refractivity contribution in [3.8, 4) is 11.5 Å². The Morgan fingerprint density at radius 2 is 1.69 bits per heavy atom. The second-order valence-corrected chi connectivity index (χ2v) is 7.84. The van der Waals surface area contributed by atoms with Crippen molar-refractivity contribution in [3.63, 3.8) is 0 Å². The zero-order chi connectivity index (χ0) is 20.6. The second-order valence-electron chi connectivity index (χ2n) is 7.84. The molecule has 0 amide bonds. The number of hydrogen-bond acceptors (Lipinski definition) is 4. The molecule has 1 aliphatic rings. The van der Waals surface area contributed by atoms with Crippen molar-refractivity contribution in [1.82, 2.24) is 0 Å². The van der Waals surface area contributed by atoms with Crippen molar-refractivity contribution in [2.45, 2.75) is 51.9 Å². The lowest BCUT2D eigenvalue weighted by atomic mass is 9.81. The van der Waals surface area contributed by atoms with Crippen LogP contribution in [0.15, 0.2) is 49.1 Å². The minimum atomic E-state index is -0.104. The van der Waals surface area contributed by atoms with Crippen LogP contribution in [0, 0.1) is 11.8 Å². The maximum Gasteiger partial charge on any atom is 0.314 e. The average molecular weight is 395 g/mol. The number of hydrogen-bond donors (Lipinski definition) is 0. The summed E-state index contributed by atoms with van der Waals surface area (Å²) >= 11 is 0. The van der Waals surface area contributed by atoms with Crippen LogP contribution in [-0.2, 0) is 9.59 Å². The van der Waals surface area contributed by atoms with Gasteiger partial charge in [-0.2, -0.15) is 0 Å². The number of ketones is 1. The zero-order valence-electron chi connectivity index (χ0n) is 17.2. The lowest BCUT2D eigenvalue weighted by molar-refractivity contribution is -0.140. The van der Waals surface area contributed by atoms with Gasteiger partial charge in [-0.1, -0.05) is 32.1 Å². The minimum Gasteiger partial charge on any atom is -0.494 e. The van der Waals surface area contributed by atoms with Crippen molar-refractivity contribution in [1.29, 1.82) is 0 Å². The van der Waals surface area contributed by atoms with Crippen molar-refractivity contribution in [2.24, 2.45) is 11.8 Å². The summed E-state index contributed by atoms with van der Waals surface area (Å²) in [4.78, 5) is 23.7. The molecule has 0 radical (unpaired) electrons. The summed E-state index contributed by atoms with van der Waals surface area (Å²) in [6, 6.07) is 11.5. The number of carbonyl (C=O) groups is 2. The molecule has 2 aromatic rings. The van der Waals surface area contributed by atoms with Gasteiger partial charge in [0.1, 0.15) is 11.5 Å². The van der Waals surface area contributed by atoms with Gasteiger partial charge in [-0.25, -0.2) is 0 Å². The Bertz CT molecular complexity index is 862. The Morgan fingerprint density at radius 3 is 2.34 bits per heavy atom. The van der Waals surface area contributed by atoms with Gasteiger partial charge in [0.05, 0.1) is 12.5 Å². The summed E-state index contributed by atoms with van der Waals surface area (Å²) < 4.78 is 11.4. The maximum absolute atomic E-state index is 12.5. The van der Waals surface area contributed by atoms with E-state index in [0.29, 0.717) is 25.2 Å². The van der Waals surface area contributed by atoms with Crippen molar-refractivity contribution < 1.29 is 19.1 Å². The largest absolute Gasteiger partial charge is 0.494 e. The van der Waals surface area contributed by atoms with Crippen molar-refractivity contribution in [3.05, 3.63) is 49.1 Å². The molecule has 1 fully saturated rings. The first-order valence-electron chi connectivity index (χ1n) is 10.6. The van der Waals surface area contributed by atoms with E-state index in [-0.39, 0.29) is 17.7 Å². The van der Waals surface area contributed by atoms with Gasteiger partial charge in [-0.05, 0) is 79.1 Å². The molecular formula is C25H30O4. The van der Waals surface area contributed by atoms with E-state index in [0.717, 1.165) is 48.1 Å². The van der Waals surface area contributed by atoms with E-state index in [9.17, 15) is 9.59 Å². The molecule has 0 atom stereocenters. The third-order valence-corrected chi connectivity index (χ3v) is 5.82. The summed E-state index contributed by atoms with van der Waals surface area (Å²) in [5.41, 5.74) is 0. The van der Waals surface area contributed by atoms with E-state index in [2.05, 4.69) is 13.5 Å². The van der Waals surface area contributed by atoms with Gasteiger partial charge >= 0.3 is 5.97 Å². The first-order chi connectivity index (χ1) is 14.1. The SMILES string of the molecule is C=CC(=O)CCCOc1ccc2cc(OC(=O)C3CCC(CC)CC3)ccc2c1. The fraction of sp³-hybridized carbons (Fsp3) is 0.440. The van der Waals surface area contributed by atoms with Gasteiger partial charge in [0.2, 0.25) is 0 Å². The summed E-state index contributed by atoms with van der Waals surface area (Å²) in [6.45, 7) is 6.18. The number of fused-ring (bicyclic) bond motifs is 1. The molecule has 29 heavy (non-hydrogen) atoms. The molecule has 3 rings (SSSR count). The number of allylic oxidation sites excluding steroid dienone is 1. The molecule has 0 saturated heterocycles. The van der Waals surface area contributed by atoms with Gasteiger partial charge in [-0.3, -0.25) is 9.59 Å². The van der Waals surface area contributed by atoms with Crippen LogP contribution >= 0.6 is 0 Å². The fourth-order valence-electron chi connectivity index (χ4n) is 3.90. The van der Waals surface area contributed by atoms with Crippen LogP contribution in [0.1, 0.15) is 51.9 Å². The first-order valence-corrected chi connectivity index (χ1v) is 10.6.